The maximum absolute atomic E-state index is 13.1. The number of ether oxygens (including phenoxy) is 2. The highest BCUT2D eigenvalue weighted by molar-refractivity contribution is 5.97. The predicted octanol–water partition coefficient (Wildman–Crippen LogP) is 7.37. The maximum atomic E-state index is 13.1. The molecule has 2 aliphatic heterocycles. The summed E-state index contributed by atoms with van der Waals surface area (Å²) in [5.74, 6) is -0.0259. The lowest BCUT2D eigenvalue weighted by molar-refractivity contribution is -0.186. The molecular formula is C40H55N3O6. The largest absolute Gasteiger partial charge is 0.459 e. The molecule has 1 N–H and O–H groups in total. The second-order valence-corrected chi connectivity index (χ2v) is 17.0. The molecule has 2 aliphatic carbocycles. The third-order valence-corrected chi connectivity index (χ3v) is 11.6. The summed E-state index contributed by atoms with van der Waals surface area (Å²) in [5, 5.41) is 3.03. The number of rotatable bonds is 6. The number of alkyl carbamates (subject to hydrolysis) is 1. The molecule has 6 rings (SSSR count). The van der Waals surface area contributed by atoms with Crippen molar-refractivity contribution in [2.24, 2.45) is 16.2 Å². The highest BCUT2D eigenvalue weighted by atomic mass is 16.6. The number of nitrogens with one attached hydrogen (secondary N) is 1. The van der Waals surface area contributed by atoms with Gasteiger partial charge in [0.1, 0.15) is 11.2 Å². The van der Waals surface area contributed by atoms with Crippen LogP contribution >= 0.6 is 0 Å². The zero-order valence-corrected chi connectivity index (χ0v) is 31.0. The Hall–Kier alpha value is -3.88. The van der Waals surface area contributed by atoms with E-state index in [2.05, 4.69) is 5.32 Å². The molecule has 0 bridgehead atoms. The van der Waals surface area contributed by atoms with Crippen molar-refractivity contribution < 1.29 is 28.7 Å². The van der Waals surface area contributed by atoms with E-state index in [0.29, 0.717) is 13.1 Å². The number of carbonyl (C=O) groups excluding carboxylic acids is 4. The van der Waals surface area contributed by atoms with E-state index in [0.717, 1.165) is 36.8 Å². The molecule has 2 saturated heterocycles. The van der Waals surface area contributed by atoms with Gasteiger partial charge in [0.15, 0.2) is 0 Å². The fourth-order valence-electron chi connectivity index (χ4n) is 8.05. The van der Waals surface area contributed by atoms with E-state index in [1.165, 1.54) is 0 Å². The summed E-state index contributed by atoms with van der Waals surface area (Å²) in [6, 6.07) is 19.9. The van der Waals surface area contributed by atoms with Gasteiger partial charge in [-0.3, -0.25) is 14.4 Å². The third-order valence-electron chi connectivity index (χ3n) is 11.6. The Bertz CT molecular complexity index is 1580. The van der Waals surface area contributed by atoms with Crippen LogP contribution in [0.4, 0.5) is 4.79 Å². The highest BCUT2D eigenvalue weighted by Gasteiger charge is 2.72. The van der Waals surface area contributed by atoms with Gasteiger partial charge < -0.3 is 24.6 Å². The van der Waals surface area contributed by atoms with Crippen LogP contribution in [0, 0.1) is 16.2 Å². The fraction of sp³-hybridized carbons (Fsp3) is 0.600. The van der Waals surface area contributed by atoms with E-state index in [1.54, 1.807) is 0 Å². The molecule has 2 saturated carbocycles. The van der Waals surface area contributed by atoms with Crippen molar-refractivity contribution in [3.05, 3.63) is 71.8 Å². The second kappa shape index (κ2) is 12.5. The molecule has 0 aromatic heterocycles. The molecule has 9 nitrogen and oxygen atoms in total. The number of hydrogen-bond acceptors (Lipinski definition) is 6. The van der Waals surface area contributed by atoms with Crippen LogP contribution in [0.1, 0.15) is 118 Å². The van der Waals surface area contributed by atoms with E-state index in [9.17, 15) is 19.2 Å². The average molecular weight is 674 g/mol. The smallest absolute Gasteiger partial charge is 0.408 e. The molecule has 0 radical (unpaired) electrons. The van der Waals surface area contributed by atoms with E-state index < -0.39 is 39.1 Å². The SMILES string of the molecule is C[C@H](c1ccccc1)N1C[C@]2(C(=O)OC(C)(C)C)CC[C@]2(C)C1=O.C[C@H](c1ccccc1)N1C[C@]2(NC(=O)OC(C)(C)C)CC[C@]2(C)C1=O. The lowest BCUT2D eigenvalue weighted by atomic mass is 9.51. The minimum Gasteiger partial charge on any atom is -0.459 e. The van der Waals surface area contributed by atoms with E-state index >= 15 is 0 Å². The van der Waals surface area contributed by atoms with Crippen LogP contribution in [-0.4, -0.2) is 63.5 Å². The standard InChI is InChI=1S/C20H28N2O3.C20H27NO3/c1-14(15-9-7-6-8-10-15)22-13-20(12-11-19(20,5)16(22)23)21-17(24)25-18(2,3)4;1-14(15-9-7-6-8-10-15)21-13-20(17(23)24-18(2,3)4)12-11-19(20,5)16(21)22/h6-10,14H,11-13H2,1-5H3,(H,21,24);6-10,14H,11-13H2,1-5H3/t14-,19-,20-;14-,19-,20+/m11/s1. The van der Waals surface area contributed by atoms with E-state index in [4.69, 9.17) is 9.47 Å². The molecule has 2 heterocycles. The van der Waals surface area contributed by atoms with E-state index in [-0.39, 0.29) is 29.9 Å². The molecule has 4 fully saturated rings. The number of likely N-dealkylation sites (tertiary alicyclic amines) is 2. The number of benzene rings is 2. The number of fused-ring (bicyclic) bond motifs is 2. The van der Waals surface area contributed by atoms with Gasteiger partial charge in [0, 0.05) is 13.1 Å². The third kappa shape index (κ3) is 6.34. The topological polar surface area (TPSA) is 105 Å². The Morgan fingerprint density at radius 3 is 1.53 bits per heavy atom. The summed E-state index contributed by atoms with van der Waals surface area (Å²) in [7, 11) is 0. The molecule has 266 valence electrons. The van der Waals surface area contributed by atoms with Crippen molar-refractivity contribution in [1.82, 2.24) is 15.1 Å². The first-order valence-corrected chi connectivity index (χ1v) is 17.7. The molecule has 2 aromatic rings. The number of nitrogens with zero attached hydrogens (tertiary/aromatic N) is 2. The summed E-state index contributed by atoms with van der Waals surface area (Å²) in [6.45, 7) is 20.1. The predicted molar refractivity (Wildman–Crippen MR) is 188 cm³/mol. The van der Waals surface area contributed by atoms with Gasteiger partial charge in [-0.25, -0.2) is 4.79 Å². The zero-order valence-electron chi connectivity index (χ0n) is 31.0. The van der Waals surface area contributed by atoms with E-state index in [1.807, 2.05) is 140 Å². The first-order valence-electron chi connectivity index (χ1n) is 17.7. The van der Waals surface area contributed by atoms with Crippen molar-refractivity contribution in [2.75, 3.05) is 13.1 Å². The Morgan fingerprint density at radius 2 is 1.12 bits per heavy atom. The van der Waals surface area contributed by atoms with Gasteiger partial charge in [-0.05, 0) is 106 Å². The van der Waals surface area contributed by atoms with Gasteiger partial charge in [0.25, 0.3) is 0 Å². The molecule has 6 atom stereocenters. The van der Waals surface area contributed by atoms with Crippen LogP contribution in [0.2, 0.25) is 0 Å². The fourth-order valence-corrected chi connectivity index (χ4v) is 8.05. The molecule has 0 unspecified atom stereocenters. The van der Waals surface area contributed by atoms with Crippen LogP contribution in [-0.2, 0) is 23.9 Å². The lowest BCUT2D eigenvalue weighted by Crippen LogP contribution is -2.66. The summed E-state index contributed by atoms with van der Waals surface area (Å²) >= 11 is 0. The van der Waals surface area contributed by atoms with Crippen LogP contribution in [0.5, 0.6) is 0 Å². The zero-order chi connectivity index (χ0) is 36.2. The molecule has 4 aliphatic rings. The monoisotopic (exact) mass is 673 g/mol. The molecule has 9 heteroatoms. The van der Waals surface area contributed by atoms with Crippen LogP contribution in [0.15, 0.2) is 60.7 Å². The number of esters is 1. The normalized spacial score (nSPS) is 30.1. The molecule has 0 spiro atoms. The molecular weight excluding hydrogens is 618 g/mol. The van der Waals surface area contributed by atoms with Crippen molar-refractivity contribution in [1.29, 1.82) is 0 Å². The van der Waals surface area contributed by atoms with Crippen molar-refractivity contribution >= 4 is 23.9 Å². The van der Waals surface area contributed by atoms with Gasteiger partial charge in [-0.15, -0.1) is 0 Å². The van der Waals surface area contributed by atoms with Gasteiger partial charge in [0.05, 0.1) is 33.9 Å². The maximum Gasteiger partial charge on any atom is 0.408 e. The van der Waals surface area contributed by atoms with Crippen molar-refractivity contribution in [3.63, 3.8) is 0 Å². The van der Waals surface area contributed by atoms with Crippen LogP contribution in [0.25, 0.3) is 0 Å². The number of carbonyl (C=O) groups is 4. The average Bonchev–Trinajstić information content (AvgIpc) is 3.26. The first kappa shape index (κ1) is 36.4. The van der Waals surface area contributed by atoms with Gasteiger partial charge in [-0.2, -0.15) is 0 Å². The molecule has 49 heavy (non-hydrogen) atoms. The summed E-state index contributed by atoms with van der Waals surface area (Å²) in [5.41, 5.74) is -1.30. The minimum atomic E-state index is -0.694. The highest BCUT2D eigenvalue weighted by Crippen LogP contribution is 2.64. The Morgan fingerprint density at radius 1 is 0.673 bits per heavy atom. The minimum absolute atomic E-state index is 0.0200. The summed E-state index contributed by atoms with van der Waals surface area (Å²) in [4.78, 5) is 55.2. The van der Waals surface area contributed by atoms with Crippen molar-refractivity contribution in [2.45, 2.75) is 124 Å². The lowest BCUT2D eigenvalue weighted by Gasteiger charge is -2.50. The van der Waals surface area contributed by atoms with Gasteiger partial charge in [0.2, 0.25) is 11.8 Å². The first-order chi connectivity index (χ1) is 22.7. The second-order valence-electron chi connectivity index (χ2n) is 17.0. The quantitative estimate of drug-likeness (QED) is 0.321. The van der Waals surface area contributed by atoms with Gasteiger partial charge >= 0.3 is 12.1 Å². The Balaban J connectivity index is 0.000000191. The number of hydrogen-bond donors (Lipinski definition) is 1. The summed E-state index contributed by atoms with van der Waals surface area (Å²) in [6.07, 6.45) is 2.62. The molecule has 2 aromatic carbocycles. The Kier molecular flexibility index (Phi) is 9.26. The summed E-state index contributed by atoms with van der Waals surface area (Å²) < 4.78 is 11.1. The van der Waals surface area contributed by atoms with Crippen LogP contribution < -0.4 is 5.32 Å². The van der Waals surface area contributed by atoms with Crippen LogP contribution in [0.3, 0.4) is 0 Å². The number of amides is 3. The van der Waals surface area contributed by atoms with Gasteiger partial charge in [-0.1, -0.05) is 60.7 Å². The molecule has 3 amide bonds. The Labute approximate surface area is 292 Å². The van der Waals surface area contributed by atoms with Crippen molar-refractivity contribution in [3.8, 4) is 0 Å².